The number of nitrogens with two attached hydrogens (primary N) is 1. The summed E-state index contributed by atoms with van der Waals surface area (Å²) in [5.41, 5.74) is 5.42. The van der Waals surface area contributed by atoms with E-state index in [2.05, 4.69) is 19.2 Å². The quantitative estimate of drug-likeness (QED) is 0.662. The summed E-state index contributed by atoms with van der Waals surface area (Å²) >= 11 is 0. The van der Waals surface area contributed by atoms with E-state index < -0.39 is 0 Å². The Bertz CT molecular complexity index is 182. The predicted molar refractivity (Wildman–Crippen MR) is 53.1 cm³/mol. The maximum absolute atomic E-state index is 11.4. The second-order valence-electron chi connectivity index (χ2n) is 4.25. The van der Waals surface area contributed by atoms with Crippen molar-refractivity contribution >= 4 is 5.91 Å². The average Bonchev–Trinajstić information content (AvgIpc) is 2.79. The lowest BCUT2D eigenvalue weighted by atomic mass is 10.1. The summed E-state index contributed by atoms with van der Waals surface area (Å²) in [6.07, 6.45) is 2.05. The molecule has 0 bridgehead atoms. The minimum Gasteiger partial charge on any atom is -0.356 e. The van der Waals surface area contributed by atoms with Crippen molar-refractivity contribution < 1.29 is 4.79 Å². The average molecular weight is 184 g/mol. The molecule has 3 atom stereocenters. The Kier molecular flexibility index (Phi) is 3.72. The van der Waals surface area contributed by atoms with Crippen LogP contribution in [0.25, 0.3) is 0 Å². The van der Waals surface area contributed by atoms with Crippen LogP contribution in [0.2, 0.25) is 0 Å². The van der Waals surface area contributed by atoms with Crippen LogP contribution in [-0.4, -0.2) is 19.0 Å². The van der Waals surface area contributed by atoms with E-state index in [9.17, 15) is 4.79 Å². The first-order chi connectivity index (χ1) is 6.15. The molecule has 1 fully saturated rings. The second-order valence-corrected chi connectivity index (χ2v) is 4.25. The SMILES string of the molecule is CC(CCN)CNC(=O)C1CC1C. The molecule has 3 heteroatoms. The fraction of sp³-hybridized carbons (Fsp3) is 0.900. The van der Waals surface area contributed by atoms with Gasteiger partial charge in [-0.15, -0.1) is 0 Å². The highest BCUT2D eigenvalue weighted by molar-refractivity contribution is 5.81. The summed E-state index contributed by atoms with van der Waals surface area (Å²) in [6.45, 7) is 5.72. The van der Waals surface area contributed by atoms with E-state index in [0.717, 1.165) is 19.4 Å². The van der Waals surface area contributed by atoms with Crippen LogP contribution in [0, 0.1) is 17.8 Å². The fourth-order valence-electron chi connectivity index (χ4n) is 1.48. The Morgan fingerprint density at radius 3 is 2.77 bits per heavy atom. The molecule has 1 rings (SSSR count). The van der Waals surface area contributed by atoms with E-state index in [1.807, 2.05) is 0 Å². The highest BCUT2D eigenvalue weighted by Gasteiger charge is 2.38. The molecule has 0 aromatic heterocycles. The van der Waals surface area contributed by atoms with Crippen molar-refractivity contribution in [1.29, 1.82) is 0 Å². The van der Waals surface area contributed by atoms with Crippen molar-refractivity contribution in [3.05, 3.63) is 0 Å². The zero-order valence-corrected chi connectivity index (χ0v) is 8.55. The third-order valence-electron chi connectivity index (χ3n) is 2.73. The summed E-state index contributed by atoms with van der Waals surface area (Å²) in [7, 11) is 0. The van der Waals surface area contributed by atoms with Gasteiger partial charge in [-0.05, 0) is 31.2 Å². The molecule has 3 N–H and O–H groups in total. The van der Waals surface area contributed by atoms with E-state index >= 15 is 0 Å². The molecule has 0 aliphatic heterocycles. The molecule has 76 valence electrons. The molecule has 1 aliphatic carbocycles. The predicted octanol–water partition coefficient (Wildman–Crippen LogP) is 0.743. The van der Waals surface area contributed by atoms with Gasteiger partial charge in [0.2, 0.25) is 5.91 Å². The van der Waals surface area contributed by atoms with Gasteiger partial charge in [-0.3, -0.25) is 4.79 Å². The topological polar surface area (TPSA) is 55.1 Å². The Balaban J connectivity index is 2.08. The molecule has 3 nitrogen and oxygen atoms in total. The largest absolute Gasteiger partial charge is 0.356 e. The van der Waals surface area contributed by atoms with E-state index in [1.165, 1.54) is 0 Å². The van der Waals surface area contributed by atoms with Gasteiger partial charge < -0.3 is 11.1 Å². The Morgan fingerprint density at radius 2 is 2.31 bits per heavy atom. The molecule has 0 heterocycles. The Hall–Kier alpha value is -0.570. The van der Waals surface area contributed by atoms with Gasteiger partial charge in [-0.25, -0.2) is 0 Å². The van der Waals surface area contributed by atoms with E-state index in [0.29, 0.717) is 24.3 Å². The van der Waals surface area contributed by atoms with Gasteiger partial charge in [-0.2, -0.15) is 0 Å². The fourth-order valence-corrected chi connectivity index (χ4v) is 1.48. The Morgan fingerprint density at radius 1 is 1.69 bits per heavy atom. The summed E-state index contributed by atoms with van der Waals surface area (Å²) in [4.78, 5) is 11.4. The van der Waals surface area contributed by atoms with Gasteiger partial charge in [0.05, 0.1) is 0 Å². The normalized spacial score (nSPS) is 28.2. The summed E-state index contributed by atoms with van der Waals surface area (Å²) < 4.78 is 0. The van der Waals surface area contributed by atoms with Crippen LogP contribution >= 0.6 is 0 Å². The molecule has 13 heavy (non-hydrogen) atoms. The third kappa shape index (κ3) is 3.35. The third-order valence-corrected chi connectivity index (χ3v) is 2.73. The molecular weight excluding hydrogens is 164 g/mol. The molecule has 0 radical (unpaired) electrons. The number of carbonyl (C=O) groups excluding carboxylic acids is 1. The monoisotopic (exact) mass is 184 g/mol. The summed E-state index contributed by atoms with van der Waals surface area (Å²) in [6, 6.07) is 0. The maximum Gasteiger partial charge on any atom is 0.223 e. The lowest BCUT2D eigenvalue weighted by Crippen LogP contribution is -2.30. The summed E-state index contributed by atoms with van der Waals surface area (Å²) in [5, 5.41) is 2.97. The molecule has 1 saturated carbocycles. The lowest BCUT2D eigenvalue weighted by molar-refractivity contribution is -0.122. The van der Waals surface area contributed by atoms with Crippen LogP contribution in [-0.2, 0) is 4.79 Å². The first kappa shape index (κ1) is 10.5. The zero-order valence-electron chi connectivity index (χ0n) is 8.55. The van der Waals surface area contributed by atoms with Gasteiger partial charge >= 0.3 is 0 Å². The van der Waals surface area contributed by atoms with Crippen LogP contribution in [0.5, 0.6) is 0 Å². The van der Waals surface area contributed by atoms with E-state index in [1.54, 1.807) is 0 Å². The van der Waals surface area contributed by atoms with Crippen LogP contribution in [0.15, 0.2) is 0 Å². The smallest absolute Gasteiger partial charge is 0.223 e. The van der Waals surface area contributed by atoms with E-state index in [4.69, 9.17) is 5.73 Å². The molecule has 1 aliphatic rings. The standard InChI is InChI=1S/C10H20N2O/c1-7(3-4-11)6-12-10(13)9-5-8(9)2/h7-9H,3-6,11H2,1-2H3,(H,12,13). The second kappa shape index (κ2) is 4.61. The number of hydrogen-bond donors (Lipinski definition) is 2. The van der Waals surface area contributed by atoms with Crippen LogP contribution in [0.3, 0.4) is 0 Å². The van der Waals surface area contributed by atoms with E-state index in [-0.39, 0.29) is 5.91 Å². The van der Waals surface area contributed by atoms with Crippen molar-refractivity contribution in [3.63, 3.8) is 0 Å². The van der Waals surface area contributed by atoms with Gasteiger partial charge in [0.15, 0.2) is 0 Å². The molecule has 1 amide bonds. The molecule has 0 aromatic rings. The number of hydrogen-bond acceptors (Lipinski definition) is 2. The van der Waals surface area contributed by atoms with Crippen molar-refractivity contribution in [2.75, 3.05) is 13.1 Å². The zero-order chi connectivity index (χ0) is 9.84. The molecular formula is C10H20N2O. The first-order valence-corrected chi connectivity index (χ1v) is 5.13. The minimum absolute atomic E-state index is 0.233. The minimum atomic E-state index is 0.233. The molecule has 0 spiro atoms. The van der Waals surface area contributed by atoms with Crippen molar-refractivity contribution in [2.45, 2.75) is 26.7 Å². The van der Waals surface area contributed by atoms with Crippen molar-refractivity contribution in [2.24, 2.45) is 23.5 Å². The van der Waals surface area contributed by atoms with Crippen molar-refractivity contribution in [1.82, 2.24) is 5.32 Å². The molecule has 0 aromatic carbocycles. The number of carbonyl (C=O) groups is 1. The van der Waals surface area contributed by atoms with Crippen LogP contribution in [0.4, 0.5) is 0 Å². The van der Waals surface area contributed by atoms with Gasteiger partial charge in [0.1, 0.15) is 0 Å². The van der Waals surface area contributed by atoms with Crippen LogP contribution in [0.1, 0.15) is 26.7 Å². The highest BCUT2D eigenvalue weighted by atomic mass is 16.2. The lowest BCUT2D eigenvalue weighted by Gasteiger charge is -2.10. The van der Waals surface area contributed by atoms with Crippen molar-refractivity contribution in [3.8, 4) is 0 Å². The first-order valence-electron chi connectivity index (χ1n) is 5.13. The molecule has 0 saturated heterocycles. The van der Waals surface area contributed by atoms with Gasteiger partial charge in [0, 0.05) is 12.5 Å². The summed E-state index contributed by atoms with van der Waals surface area (Å²) in [5.74, 6) is 1.63. The number of rotatable bonds is 5. The maximum atomic E-state index is 11.4. The van der Waals surface area contributed by atoms with Crippen LogP contribution < -0.4 is 11.1 Å². The Labute approximate surface area is 80.1 Å². The number of nitrogens with one attached hydrogen (secondary N) is 1. The van der Waals surface area contributed by atoms with Gasteiger partial charge in [0.25, 0.3) is 0 Å². The van der Waals surface area contributed by atoms with Gasteiger partial charge in [-0.1, -0.05) is 13.8 Å². The number of amides is 1. The molecule has 3 unspecified atom stereocenters. The highest BCUT2D eigenvalue weighted by Crippen LogP contribution is 2.37.